The maximum absolute atomic E-state index is 11.3. The standard InChI is InChI=1S/C15H16O2S/c1-11-2-5-13(6-3-11)14(15(16)17)7-4-12-8-9-18-10-12/h2-3,5-6,8-10,14H,4,7H2,1H3,(H,16,17). The molecule has 1 aromatic carbocycles. The Morgan fingerprint density at radius 2 is 2.00 bits per heavy atom. The number of hydrogen-bond donors (Lipinski definition) is 1. The first-order valence-corrected chi connectivity index (χ1v) is 6.91. The molecular weight excluding hydrogens is 244 g/mol. The molecule has 0 aliphatic rings. The summed E-state index contributed by atoms with van der Waals surface area (Å²) in [7, 11) is 0. The summed E-state index contributed by atoms with van der Waals surface area (Å²) < 4.78 is 0. The summed E-state index contributed by atoms with van der Waals surface area (Å²) in [6, 6.07) is 9.83. The van der Waals surface area contributed by atoms with Gasteiger partial charge in [-0.1, -0.05) is 29.8 Å². The molecule has 1 N–H and O–H groups in total. The number of aliphatic carboxylic acids is 1. The third-order valence-electron chi connectivity index (χ3n) is 3.08. The minimum Gasteiger partial charge on any atom is -0.481 e. The average molecular weight is 260 g/mol. The topological polar surface area (TPSA) is 37.3 Å². The summed E-state index contributed by atoms with van der Waals surface area (Å²) in [4.78, 5) is 11.3. The van der Waals surface area contributed by atoms with E-state index in [9.17, 15) is 9.90 Å². The first-order valence-electron chi connectivity index (χ1n) is 5.97. The van der Waals surface area contributed by atoms with E-state index < -0.39 is 11.9 Å². The Kier molecular flexibility index (Phi) is 4.15. The van der Waals surface area contributed by atoms with Crippen molar-refractivity contribution < 1.29 is 9.90 Å². The Morgan fingerprint density at radius 3 is 2.56 bits per heavy atom. The summed E-state index contributed by atoms with van der Waals surface area (Å²) in [5.41, 5.74) is 3.27. The average Bonchev–Trinajstić information content (AvgIpc) is 2.84. The molecule has 18 heavy (non-hydrogen) atoms. The molecule has 94 valence electrons. The number of benzene rings is 1. The van der Waals surface area contributed by atoms with Gasteiger partial charge in [-0.15, -0.1) is 0 Å². The molecule has 2 rings (SSSR count). The van der Waals surface area contributed by atoms with Crippen molar-refractivity contribution in [2.24, 2.45) is 0 Å². The predicted molar refractivity (Wildman–Crippen MR) is 74.2 cm³/mol. The molecule has 1 atom stereocenters. The minimum absolute atomic E-state index is 0.412. The molecule has 2 nitrogen and oxygen atoms in total. The number of rotatable bonds is 5. The van der Waals surface area contributed by atoms with Crippen LogP contribution in [0.15, 0.2) is 41.1 Å². The maximum Gasteiger partial charge on any atom is 0.310 e. The van der Waals surface area contributed by atoms with Crippen LogP contribution in [0.5, 0.6) is 0 Å². The number of hydrogen-bond acceptors (Lipinski definition) is 2. The van der Waals surface area contributed by atoms with E-state index in [0.717, 1.165) is 17.5 Å². The minimum atomic E-state index is -0.742. The van der Waals surface area contributed by atoms with Crippen LogP contribution in [0.25, 0.3) is 0 Å². The SMILES string of the molecule is Cc1ccc(C(CCc2ccsc2)C(=O)O)cc1. The van der Waals surface area contributed by atoms with Crippen molar-refractivity contribution >= 4 is 17.3 Å². The zero-order chi connectivity index (χ0) is 13.0. The normalized spacial score (nSPS) is 12.3. The van der Waals surface area contributed by atoms with Crippen LogP contribution in [0.4, 0.5) is 0 Å². The summed E-state index contributed by atoms with van der Waals surface area (Å²) in [6.07, 6.45) is 1.46. The second-order valence-corrected chi connectivity index (χ2v) is 5.25. The van der Waals surface area contributed by atoms with Crippen LogP contribution in [0.3, 0.4) is 0 Å². The van der Waals surface area contributed by atoms with Crippen LogP contribution in [-0.2, 0) is 11.2 Å². The summed E-state index contributed by atoms with van der Waals surface area (Å²) in [6.45, 7) is 2.00. The van der Waals surface area contributed by atoms with Crippen molar-refractivity contribution in [1.82, 2.24) is 0 Å². The Balaban J connectivity index is 2.08. The molecule has 0 fully saturated rings. The Hall–Kier alpha value is -1.61. The maximum atomic E-state index is 11.3. The van der Waals surface area contributed by atoms with Crippen molar-refractivity contribution in [3.05, 3.63) is 57.8 Å². The van der Waals surface area contributed by atoms with E-state index in [-0.39, 0.29) is 0 Å². The molecule has 0 saturated carbocycles. The molecule has 2 aromatic rings. The predicted octanol–water partition coefficient (Wildman–Crippen LogP) is 3.86. The first-order chi connectivity index (χ1) is 8.66. The fraction of sp³-hybridized carbons (Fsp3) is 0.267. The molecule has 0 aliphatic carbocycles. The van der Waals surface area contributed by atoms with E-state index in [4.69, 9.17) is 0 Å². The van der Waals surface area contributed by atoms with Gasteiger partial charge >= 0.3 is 5.97 Å². The lowest BCUT2D eigenvalue weighted by Gasteiger charge is -2.12. The van der Waals surface area contributed by atoms with Crippen molar-refractivity contribution in [2.45, 2.75) is 25.7 Å². The van der Waals surface area contributed by atoms with Crippen LogP contribution >= 0.6 is 11.3 Å². The van der Waals surface area contributed by atoms with Crippen molar-refractivity contribution in [3.8, 4) is 0 Å². The Bertz CT molecular complexity index is 500. The zero-order valence-electron chi connectivity index (χ0n) is 10.3. The molecule has 0 saturated heterocycles. The van der Waals surface area contributed by atoms with Crippen LogP contribution in [-0.4, -0.2) is 11.1 Å². The number of carboxylic acid groups (broad SMARTS) is 1. The van der Waals surface area contributed by atoms with E-state index >= 15 is 0 Å². The van der Waals surface area contributed by atoms with Gasteiger partial charge in [0.15, 0.2) is 0 Å². The molecule has 0 amide bonds. The van der Waals surface area contributed by atoms with Gasteiger partial charge in [0.2, 0.25) is 0 Å². The molecule has 0 aliphatic heterocycles. The van der Waals surface area contributed by atoms with Gasteiger partial charge < -0.3 is 5.11 Å². The smallest absolute Gasteiger partial charge is 0.310 e. The van der Waals surface area contributed by atoms with Gasteiger partial charge in [-0.3, -0.25) is 4.79 Å². The molecule has 1 heterocycles. The Morgan fingerprint density at radius 1 is 1.28 bits per heavy atom. The van der Waals surface area contributed by atoms with Gasteiger partial charge in [-0.05, 0) is 47.7 Å². The van der Waals surface area contributed by atoms with E-state index in [0.29, 0.717) is 6.42 Å². The van der Waals surface area contributed by atoms with E-state index in [1.807, 2.05) is 36.6 Å². The second kappa shape index (κ2) is 5.83. The third kappa shape index (κ3) is 3.20. The quantitative estimate of drug-likeness (QED) is 0.886. The van der Waals surface area contributed by atoms with Crippen molar-refractivity contribution in [1.29, 1.82) is 0 Å². The fourth-order valence-corrected chi connectivity index (χ4v) is 2.68. The van der Waals surface area contributed by atoms with Crippen molar-refractivity contribution in [2.75, 3.05) is 0 Å². The van der Waals surface area contributed by atoms with Gasteiger partial charge in [0.25, 0.3) is 0 Å². The summed E-state index contributed by atoms with van der Waals surface area (Å²) >= 11 is 1.65. The number of thiophene rings is 1. The van der Waals surface area contributed by atoms with Crippen LogP contribution in [0.1, 0.15) is 29.0 Å². The molecule has 0 spiro atoms. The van der Waals surface area contributed by atoms with E-state index in [2.05, 4.69) is 11.4 Å². The van der Waals surface area contributed by atoms with Crippen molar-refractivity contribution in [3.63, 3.8) is 0 Å². The highest BCUT2D eigenvalue weighted by Crippen LogP contribution is 2.23. The number of carboxylic acids is 1. The van der Waals surface area contributed by atoms with Crippen LogP contribution in [0, 0.1) is 6.92 Å². The first kappa shape index (κ1) is 12.8. The molecule has 3 heteroatoms. The monoisotopic (exact) mass is 260 g/mol. The second-order valence-electron chi connectivity index (χ2n) is 4.47. The highest BCUT2D eigenvalue weighted by atomic mass is 32.1. The lowest BCUT2D eigenvalue weighted by Crippen LogP contribution is -2.12. The summed E-state index contributed by atoms with van der Waals surface area (Å²) in [5.74, 6) is -1.15. The van der Waals surface area contributed by atoms with E-state index in [1.54, 1.807) is 11.3 Å². The molecular formula is C15H16O2S. The molecule has 1 aromatic heterocycles. The molecule has 1 unspecified atom stereocenters. The largest absolute Gasteiger partial charge is 0.481 e. The Labute approximate surface area is 111 Å². The van der Waals surface area contributed by atoms with Gasteiger partial charge in [0, 0.05) is 0 Å². The number of carbonyl (C=O) groups is 1. The highest BCUT2D eigenvalue weighted by Gasteiger charge is 2.19. The molecule has 0 bridgehead atoms. The summed E-state index contributed by atoms with van der Waals surface area (Å²) in [5, 5.41) is 13.4. The fourth-order valence-electron chi connectivity index (χ4n) is 1.98. The van der Waals surface area contributed by atoms with Crippen LogP contribution in [0.2, 0.25) is 0 Å². The zero-order valence-corrected chi connectivity index (χ0v) is 11.1. The van der Waals surface area contributed by atoms with E-state index in [1.165, 1.54) is 5.56 Å². The van der Waals surface area contributed by atoms with Gasteiger partial charge in [0.05, 0.1) is 5.92 Å². The molecule has 0 radical (unpaired) electrons. The van der Waals surface area contributed by atoms with Crippen LogP contribution < -0.4 is 0 Å². The van der Waals surface area contributed by atoms with Gasteiger partial charge in [-0.2, -0.15) is 11.3 Å². The van der Waals surface area contributed by atoms with Gasteiger partial charge in [-0.25, -0.2) is 0 Å². The third-order valence-corrected chi connectivity index (χ3v) is 3.81. The van der Waals surface area contributed by atoms with Gasteiger partial charge in [0.1, 0.15) is 0 Å². The lowest BCUT2D eigenvalue weighted by molar-refractivity contribution is -0.138. The number of aryl methyl sites for hydroxylation is 2. The lowest BCUT2D eigenvalue weighted by atomic mass is 9.92. The highest BCUT2D eigenvalue weighted by molar-refractivity contribution is 7.07.